The number of hydrogen-bond donors (Lipinski definition) is 1. The van der Waals surface area contributed by atoms with Crippen LogP contribution in [0.25, 0.3) is 0 Å². The van der Waals surface area contributed by atoms with E-state index in [1.807, 2.05) is 26.1 Å². The van der Waals surface area contributed by atoms with E-state index in [2.05, 4.69) is 64.3 Å². The van der Waals surface area contributed by atoms with E-state index in [-0.39, 0.29) is 24.0 Å². The number of nitrogens with zero attached hydrogens (tertiary/aromatic N) is 3. The molecule has 0 aliphatic rings. The molecule has 0 saturated carbocycles. The van der Waals surface area contributed by atoms with Crippen molar-refractivity contribution in [3.05, 3.63) is 53.9 Å². The third-order valence-electron chi connectivity index (χ3n) is 3.93. The molecule has 0 atom stereocenters. The maximum absolute atomic E-state index is 5.55. The Hall–Kier alpha value is -1.70. The highest BCUT2D eigenvalue weighted by atomic mass is 127. The first-order chi connectivity index (χ1) is 11.6. The molecule has 0 unspecified atom stereocenters. The second kappa shape index (κ2) is 11.0. The summed E-state index contributed by atoms with van der Waals surface area (Å²) in [7, 11) is 5.93. The van der Waals surface area contributed by atoms with Gasteiger partial charge in [0.15, 0.2) is 5.96 Å². The number of guanidine groups is 1. The topological polar surface area (TPSA) is 41.8 Å². The van der Waals surface area contributed by atoms with Crippen molar-refractivity contribution >= 4 is 29.9 Å². The second-order valence-electron chi connectivity index (χ2n) is 5.77. The number of aryl methyl sites for hydroxylation is 1. The molecule has 0 bridgehead atoms. The smallest absolute Gasteiger partial charge is 0.193 e. The molecule has 0 aliphatic carbocycles. The van der Waals surface area contributed by atoms with Gasteiger partial charge in [0.2, 0.25) is 0 Å². The Morgan fingerprint density at radius 1 is 1.28 bits per heavy atom. The fourth-order valence-corrected chi connectivity index (χ4v) is 2.64. The van der Waals surface area contributed by atoms with Crippen LogP contribution in [0.5, 0.6) is 5.75 Å². The van der Waals surface area contributed by atoms with Crippen molar-refractivity contribution in [3.63, 3.8) is 0 Å². The average Bonchev–Trinajstić information content (AvgIpc) is 2.97. The Morgan fingerprint density at radius 3 is 2.72 bits per heavy atom. The zero-order valence-corrected chi connectivity index (χ0v) is 17.9. The number of hydrogen-bond acceptors (Lipinski definition) is 2. The molecule has 2 aromatic rings. The third kappa shape index (κ3) is 6.61. The standard InChI is InChI=1S/C19H28N4O.HI/c1-5-24-18-10-6-8-16(14-18)11-12-21-19(20-2)23(4)15-17-9-7-13-22(17)3;/h6-10,13-14H,5,11-12,15H2,1-4H3,(H,20,21);1H. The summed E-state index contributed by atoms with van der Waals surface area (Å²) in [6.07, 6.45) is 2.99. The molecule has 2 rings (SSSR count). The Labute approximate surface area is 168 Å². The minimum absolute atomic E-state index is 0. The van der Waals surface area contributed by atoms with Crippen LogP contribution in [-0.4, -0.2) is 42.7 Å². The SMILES string of the molecule is CCOc1cccc(CCNC(=NC)N(C)Cc2cccn2C)c1.I. The number of aromatic nitrogens is 1. The lowest BCUT2D eigenvalue weighted by Gasteiger charge is -2.22. The van der Waals surface area contributed by atoms with Crippen molar-refractivity contribution in [1.29, 1.82) is 0 Å². The Balaban J connectivity index is 0.00000312. The van der Waals surface area contributed by atoms with E-state index < -0.39 is 0 Å². The van der Waals surface area contributed by atoms with Gasteiger partial charge in [0.25, 0.3) is 0 Å². The van der Waals surface area contributed by atoms with Crippen molar-refractivity contribution in [2.24, 2.45) is 12.0 Å². The van der Waals surface area contributed by atoms with Crippen LogP contribution in [0.15, 0.2) is 47.6 Å². The third-order valence-corrected chi connectivity index (χ3v) is 3.93. The Kier molecular flexibility index (Phi) is 9.41. The minimum atomic E-state index is 0. The summed E-state index contributed by atoms with van der Waals surface area (Å²) in [6.45, 7) is 4.35. The van der Waals surface area contributed by atoms with E-state index in [1.165, 1.54) is 11.3 Å². The number of nitrogens with one attached hydrogen (secondary N) is 1. The number of halogens is 1. The van der Waals surface area contributed by atoms with Crippen LogP contribution < -0.4 is 10.1 Å². The molecule has 1 N–H and O–H groups in total. The molecule has 25 heavy (non-hydrogen) atoms. The summed E-state index contributed by atoms with van der Waals surface area (Å²) in [5, 5.41) is 3.43. The van der Waals surface area contributed by atoms with Gasteiger partial charge in [-0.15, -0.1) is 24.0 Å². The van der Waals surface area contributed by atoms with Gasteiger partial charge in [-0.1, -0.05) is 12.1 Å². The van der Waals surface area contributed by atoms with Gasteiger partial charge in [0, 0.05) is 39.6 Å². The van der Waals surface area contributed by atoms with E-state index in [4.69, 9.17) is 4.74 Å². The van der Waals surface area contributed by atoms with E-state index in [0.717, 1.165) is 31.2 Å². The number of aliphatic imine (C=N–C) groups is 1. The lowest BCUT2D eigenvalue weighted by Crippen LogP contribution is -2.39. The minimum Gasteiger partial charge on any atom is -0.494 e. The molecule has 0 fully saturated rings. The van der Waals surface area contributed by atoms with Crippen LogP contribution in [0.2, 0.25) is 0 Å². The van der Waals surface area contributed by atoms with E-state index >= 15 is 0 Å². The molecular weight excluding hydrogens is 427 g/mol. The summed E-state index contributed by atoms with van der Waals surface area (Å²) in [5.41, 5.74) is 2.51. The Bertz CT molecular complexity index is 669. The maximum atomic E-state index is 5.55. The summed E-state index contributed by atoms with van der Waals surface area (Å²) in [6, 6.07) is 12.4. The van der Waals surface area contributed by atoms with Gasteiger partial charge in [-0.05, 0) is 43.2 Å². The van der Waals surface area contributed by atoms with Crippen molar-refractivity contribution in [2.75, 3.05) is 27.2 Å². The van der Waals surface area contributed by atoms with Gasteiger partial charge >= 0.3 is 0 Å². The van der Waals surface area contributed by atoms with Gasteiger partial charge in [-0.3, -0.25) is 4.99 Å². The predicted molar refractivity (Wildman–Crippen MR) is 115 cm³/mol. The summed E-state index contributed by atoms with van der Waals surface area (Å²) < 4.78 is 7.68. The van der Waals surface area contributed by atoms with Crippen LogP contribution in [0.4, 0.5) is 0 Å². The highest BCUT2D eigenvalue weighted by molar-refractivity contribution is 14.0. The number of rotatable bonds is 7. The van der Waals surface area contributed by atoms with Crippen LogP contribution >= 0.6 is 24.0 Å². The summed E-state index contributed by atoms with van der Waals surface area (Å²) in [5.74, 6) is 1.83. The highest BCUT2D eigenvalue weighted by Gasteiger charge is 2.08. The molecule has 0 amide bonds. The molecule has 0 aliphatic heterocycles. The van der Waals surface area contributed by atoms with Crippen molar-refractivity contribution in [2.45, 2.75) is 19.9 Å². The normalized spacial score (nSPS) is 11.0. The van der Waals surface area contributed by atoms with Crippen molar-refractivity contribution in [1.82, 2.24) is 14.8 Å². The van der Waals surface area contributed by atoms with E-state index in [9.17, 15) is 0 Å². The quantitative estimate of drug-likeness (QED) is 0.395. The number of benzene rings is 1. The van der Waals surface area contributed by atoms with Crippen molar-refractivity contribution < 1.29 is 4.74 Å². The molecule has 1 heterocycles. The highest BCUT2D eigenvalue weighted by Crippen LogP contribution is 2.13. The molecule has 1 aromatic carbocycles. The maximum Gasteiger partial charge on any atom is 0.193 e. The van der Waals surface area contributed by atoms with E-state index in [1.54, 1.807) is 0 Å². The molecular formula is C19H29IN4O. The lowest BCUT2D eigenvalue weighted by atomic mass is 10.1. The fraction of sp³-hybridized carbons (Fsp3) is 0.421. The van der Waals surface area contributed by atoms with Gasteiger partial charge < -0.3 is 19.5 Å². The fourth-order valence-electron chi connectivity index (χ4n) is 2.64. The monoisotopic (exact) mass is 456 g/mol. The van der Waals surface area contributed by atoms with Crippen LogP contribution in [-0.2, 0) is 20.0 Å². The van der Waals surface area contributed by atoms with Gasteiger partial charge in [0.1, 0.15) is 5.75 Å². The zero-order valence-electron chi connectivity index (χ0n) is 15.5. The van der Waals surface area contributed by atoms with Gasteiger partial charge in [0.05, 0.1) is 13.2 Å². The first-order valence-corrected chi connectivity index (χ1v) is 8.37. The van der Waals surface area contributed by atoms with Crippen LogP contribution in [0.3, 0.4) is 0 Å². The molecule has 0 radical (unpaired) electrons. The first-order valence-electron chi connectivity index (χ1n) is 8.37. The molecule has 5 nitrogen and oxygen atoms in total. The molecule has 1 aromatic heterocycles. The predicted octanol–water partition coefficient (Wildman–Crippen LogP) is 3.29. The Morgan fingerprint density at radius 2 is 2.08 bits per heavy atom. The van der Waals surface area contributed by atoms with Crippen LogP contribution in [0, 0.1) is 0 Å². The van der Waals surface area contributed by atoms with E-state index in [0.29, 0.717) is 6.61 Å². The van der Waals surface area contributed by atoms with Crippen LogP contribution in [0.1, 0.15) is 18.2 Å². The second-order valence-corrected chi connectivity index (χ2v) is 5.77. The number of ether oxygens (including phenoxy) is 1. The first kappa shape index (κ1) is 21.3. The summed E-state index contributed by atoms with van der Waals surface area (Å²) in [4.78, 5) is 6.50. The lowest BCUT2D eigenvalue weighted by molar-refractivity contribution is 0.340. The largest absolute Gasteiger partial charge is 0.494 e. The van der Waals surface area contributed by atoms with Gasteiger partial charge in [-0.25, -0.2) is 0 Å². The van der Waals surface area contributed by atoms with Gasteiger partial charge in [-0.2, -0.15) is 0 Å². The molecule has 0 saturated heterocycles. The molecule has 0 spiro atoms. The van der Waals surface area contributed by atoms with Crippen molar-refractivity contribution in [3.8, 4) is 5.75 Å². The summed E-state index contributed by atoms with van der Waals surface area (Å²) >= 11 is 0. The molecule has 6 heteroatoms. The average molecular weight is 456 g/mol. The zero-order chi connectivity index (χ0) is 17.4. The molecule has 138 valence electrons.